The Labute approximate surface area is 297 Å². The SMILES string of the molecule is C[Si](C)(C)O[Si](CC(Cc1ccccc1)C(=O)NCc1ccccc1)(C[C@@H](Cc1ccccc1)C(=O)NCc1ccccc1)O[Si](C)(C)C. The van der Waals surface area contributed by atoms with Gasteiger partial charge >= 0.3 is 8.56 Å². The van der Waals surface area contributed by atoms with E-state index in [1.54, 1.807) is 0 Å². The minimum absolute atomic E-state index is 0.0175. The monoisotopic (exact) mass is 710 g/mol. The smallest absolute Gasteiger partial charge is 0.319 e. The van der Waals surface area contributed by atoms with Crippen molar-refractivity contribution >= 4 is 37.0 Å². The largest absolute Gasteiger partial charge is 0.436 e. The third kappa shape index (κ3) is 13.7. The van der Waals surface area contributed by atoms with Crippen molar-refractivity contribution in [2.75, 3.05) is 0 Å². The Hall–Kier alpha value is -3.61. The zero-order valence-corrected chi connectivity index (χ0v) is 33.1. The molecule has 0 heterocycles. The number of carbonyl (C=O) groups excluding carboxylic acids is 2. The maximum absolute atomic E-state index is 14.2. The van der Waals surface area contributed by atoms with Gasteiger partial charge in [0.2, 0.25) is 11.8 Å². The van der Waals surface area contributed by atoms with Crippen molar-refractivity contribution in [3.63, 3.8) is 0 Å². The van der Waals surface area contributed by atoms with Crippen molar-refractivity contribution in [3.05, 3.63) is 144 Å². The predicted molar refractivity (Wildman–Crippen MR) is 208 cm³/mol. The standard InChI is InChI=1S/C40H54N2O4Si3/c1-47(2,3)45-49(46-48(4,5)6,31-37(27-33-19-11-7-12-20-33)39(43)41-29-35-23-15-9-16-24-35)32-38(28-34-21-13-8-14-22-34)40(44)42-30-36-25-17-10-18-26-36/h7-26,37-38H,27-32H2,1-6H3,(H,41,43)(H,42,44)/t37-,38?/m1/s1. The molecule has 2 amide bonds. The lowest BCUT2D eigenvalue weighted by Gasteiger charge is -2.43. The highest BCUT2D eigenvalue weighted by Gasteiger charge is 2.49. The van der Waals surface area contributed by atoms with Gasteiger partial charge in [0.05, 0.1) is 0 Å². The highest BCUT2D eigenvalue weighted by Crippen LogP contribution is 2.36. The number of amides is 2. The number of hydrogen-bond acceptors (Lipinski definition) is 4. The Bertz CT molecular complexity index is 1460. The molecule has 1 unspecified atom stereocenters. The molecule has 6 nitrogen and oxygen atoms in total. The summed E-state index contributed by atoms with van der Waals surface area (Å²) in [7, 11) is -7.69. The summed E-state index contributed by atoms with van der Waals surface area (Å²) in [6, 6.07) is 41.3. The number of hydrogen-bond donors (Lipinski definition) is 2. The molecule has 0 radical (unpaired) electrons. The predicted octanol–water partition coefficient (Wildman–Crippen LogP) is 8.48. The summed E-state index contributed by atoms with van der Waals surface area (Å²) in [5.41, 5.74) is 4.28. The van der Waals surface area contributed by atoms with E-state index in [4.69, 9.17) is 8.23 Å². The number of benzene rings is 4. The van der Waals surface area contributed by atoms with Gasteiger partial charge in [0.1, 0.15) is 0 Å². The molecule has 0 bridgehead atoms. The van der Waals surface area contributed by atoms with E-state index in [-0.39, 0.29) is 11.8 Å². The van der Waals surface area contributed by atoms with Gasteiger partial charge in [0.15, 0.2) is 16.6 Å². The summed E-state index contributed by atoms with van der Waals surface area (Å²) >= 11 is 0. The van der Waals surface area contributed by atoms with Crippen LogP contribution in [0.3, 0.4) is 0 Å². The van der Waals surface area contributed by atoms with E-state index in [1.807, 2.05) is 97.1 Å². The lowest BCUT2D eigenvalue weighted by Crippen LogP contribution is -2.58. The molecule has 260 valence electrons. The van der Waals surface area contributed by atoms with E-state index in [2.05, 4.69) is 74.2 Å². The van der Waals surface area contributed by atoms with Gasteiger partial charge in [-0.2, -0.15) is 0 Å². The van der Waals surface area contributed by atoms with Gasteiger partial charge in [-0.1, -0.05) is 121 Å². The van der Waals surface area contributed by atoms with Crippen LogP contribution in [0.5, 0.6) is 0 Å². The quantitative estimate of drug-likeness (QED) is 0.102. The van der Waals surface area contributed by atoms with Crippen molar-refractivity contribution in [1.82, 2.24) is 10.6 Å². The second-order valence-corrected chi connectivity index (χ2v) is 27.6. The fourth-order valence-electron chi connectivity index (χ4n) is 6.31. The Kier molecular flexibility index (Phi) is 13.9. The Balaban J connectivity index is 1.73. The first kappa shape index (κ1) is 38.2. The van der Waals surface area contributed by atoms with E-state index in [1.165, 1.54) is 0 Å². The highest BCUT2D eigenvalue weighted by atomic mass is 28.5. The fraction of sp³-hybridized carbons (Fsp3) is 0.350. The van der Waals surface area contributed by atoms with Gasteiger partial charge in [0, 0.05) is 37.0 Å². The molecule has 0 spiro atoms. The summed E-state index contributed by atoms with van der Waals surface area (Å²) in [5.74, 6) is -0.822. The summed E-state index contributed by atoms with van der Waals surface area (Å²) in [6.45, 7) is 14.0. The molecular formula is C40H54N2O4Si3. The van der Waals surface area contributed by atoms with Gasteiger partial charge < -0.3 is 18.9 Å². The molecule has 2 atom stereocenters. The molecule has 2 N–H and O–H groups in total. The Morgan fingerprint density at radius 3 is 1.06 bits per heavy atom. The molecule has 0 saturated carbocycles. The minimum Gasteiger partial charge on any atom is -0.436 e. The van der Waals surface area contributed by atoms with Crippen molar-refractivity contribution < 1.29 is 17.8 Å². The average Bonchev–Trinajstić information content (AvgIpc) is 3.06. The normalized spacial score (nSPS) is 13.3. The van der Waals surface area contributed by atoms with Crippen LogP contribution in [0.15, 0.2) is 121 Å². The number of nitrogens with one attached hydrogen (secondary N) is 2. The van der Waals surface area contributed by atoms with Crippen molar-refractivity contribution in [1.29, 1.82) is 0 Å². The molecule has 4 aromatic carbocycles. The first-order valence-corrected chi connectivity index (χ1v) is 26.5. The van der Waals surface area contributed by atoms with Crippen LogP contribution in [-0.2, 0) is 43.8 Å². The topological polar surface area (TPSA) is 76.7 Å². The molecule has 0 aliphatic heterocycles. The fourth-order valence-corrected chi connectivity index (χ4v) is 19.4. The summed E-state index contributed by atoms with van der Waals surface area (Å²) in [5, 5.41) is 6.48. The first-order chi connectivity index (χ1) is 23.3. The van der Waals surface area contributed by atoms with Crippen LogP contribution in [0.25, 0.3) is 0 Å². The van der Waals surface area contributed by atoms with Crippen LogP contribution >= 0.6 is 0 Å². The molecule has 4 rings (SSSR count). The van der Waals surface area contributed by atoms with Gasteiger partial charge in [0.25, 0.3) is 0 Å². The molecule has 0 aromatic heterocycles. The van der Waals surface area contributed by atoms with Crippen LogP contribution in [0.4, 0.5) is 0 Å². The Morgan fingerprint density at radius 2 is 0.776 bits per heavy atom. The molecule has 9 heteroatoms. The molecule has 49 heavy (non-hydrogen) atoms. The summed E-state index contributed by atoms with van der Waals surface area (Å²) < 4.78 is 14.6. The molecule has 4 aromatic rings. The average molecular weight is 711 g/mol. The van der Waals surface area contributed by atoms with E-state index in [0.29, 0.717) is 38.0 Å². The second kappa shape index (κ2) is 17.9. The van der Waals surface area contributed by atoms with Crippen molar-refractivity contribution in [2.45, 2.75) is 77.3 Å². The van der Waals surface area contributed by atoms with Crippen LogP contribution < -0.4 is 10.6 Å². The maximum atomic E-state index is 14.2. The zero-order chi connectivity index (χ0) is 35.3. The number of rotatable bonds is 18. The lowest BCUT2D eigenvalue weighted by atomic mass is 9.99. The Morgan fingerprint density at radius 1 is 0.490 bits per heavy atom. The van der Waals surface area contributed by atoms with E-state index in [0.717, 1.165) is 22.3 Å². The van der Waals surface area contributed by atoms with Crippen LogP contribution in [0.1, 0.15) is 22.3 Å². The van der Waals surface area contributed by atoms with E-state index >= 15 is 0 Å². The summed E-state index contributed by atoms with van der Waals surface area (Å²) in [6.07, 6.45) is 1.12. The molecule has 0 fully saturated rings. The van der Waals surface area contributed by atoms with Crippen LogP contribution in [0, 0.1) is 11.8 Å². The summed E-state index contributed by atoms with van der Waals surface area (Å²) in [4.78, 5) is 28.5. The molecule has 0 aliphatic rings. The van der Waals surface area contributed by atoms with Crippen molar-refractivity contribution in [3.8, 4) is 0 Å². The van der Waals surface area contributed by atoms with Gasteiger partial charge in [-0.05, 0) is 74.4 Å². The number of carbonyl (C=O) groups is 2. The van der Waals surface area contributed by atoms with Crippen LogP contribution in [-0.4, -0.2) is 37.0 Å². The third-order valence-corrected chi connectivity index (χ3v) is 18.2. The first-order valence-electron chi connectivity index (χ1n) is 17.4. The minimum atomic E-state index is -3.24. The maximum Gasteiger partial charge on any atom is 0.319 e. The van der Waals surface area contributed by atoms with E-state index < -0.39 is 37.0 Å². The molecular weight excluding hydrogens is 657 g/mol. The van der Waals surface area contributed by atoms with Gasteiger partial charge in [-0.3, -0.25) is 9.59 Å². The molecule has 0 saturated heterocycles. The highest BCUT2D eigenvalue weighted by molar-refractivity contribution is 6.88. The zero-order valence-electron chi connectivity index (χ0n) is 30.1. The molecule has 0 aliphatic carbocycles. The van der Waals surface area contributed by atoms with Gasteiger partial charge in [-0.15, -0.1) is 0 Å². The second-order valence-electron chi connectivity index (χ2n) is 14.9. The van der Waals surface area contributed by atoms with Crippen molar-refractivity contribution in [2.24, 2.45) is 11.8 Å². The van der Waals surface area contributed by atoms with Gasteiger partial charge in [-0.25, -0.2) is 0 Å². The lowest BCUT2D eigenvalue weighted by molar-refractivity contribution is -0.125. The third-order valence-electron chi connectivity index (χ3n) is 8.11. The van der Waals surface area contributed by atoms with Crippen LogP contribution in [0.2, 0.25) is 51.4 Å². The van der Waals surface area contributed by atoms with E-state index in [9.17, 15) is 9.59 Å².